The van der Waals surface area contributed by atoms with E-state index in [1.807, 2.05) is 26.0 Å². The lowest BCUT2D eigenvalue weighted by atomic mass is 10.1. The van der Waals surface area contributed by atoms with Crippen molar-refractivity contribution in [1.82, 2.24) is 0 Å². The monoisotopic (exact) mass is 199 g/mol. The molecule has 3 heteroatoms. The quantitative estimate of drug-likeness (QED) is 0.795. The Morgan fingerprint density at radius 3 is 2.54 bits per heavy atom. The molecule has 0 aliphatic rings. The van der Waals surface area contributed by atoms with E-state index < -0.39 is 0 Å². The number of rotatable bonds is 2. The summed E-state index contributed by atoms with van der Waals surface area (Å²) in [7, 11) is 1.60. The molecule has 1 aromatic carbocycles. The van der Waals surface area contributed by atoms with Crippen LogP contribution in [0, 0.1) is 6.92 Å². The van der Waals surface area contributed by atoms with Crippen molar-refractivity contribution in [3.05, 3.63) is 28.3 Å². The fourth-order valence-electron chi connectivity index (χ4n) is 1.24. The van der Waals surface area contributed by atoms with Crippen LogP contribution in [0.4, 0.5) is 0 Å². The molecule has 1 atom stereocenters. The van der Waals surface area contributed by atoms with Crippen LogP contribution in [0.25, 0.3) is 0 Å². The number of hydrogen-bond donors (Lipinski definition) is 1. The van der Waals surface area contributed by atoms with Gasteiger partial charge in [-0.25, -0.2) is 0 Å². The van der Waals surface area contributed by atoms with Gasteiger partial charge in [-0.3, -0.25) is 0 Å². The summed E-state index contributed by atoms with van der Waals surface area (Å²) in [6.45, 7) is 3.89. The van der Waals surface area contributed by atoms with E-state index in [0.717, 1.165) is 11.1 Å². The lowest BCUT2D eigenvalue weighted by molar-refractivity contribution is 0.414. The van der Waals surface area contributed by atoms with Crippen molar-refractivity contribution in [3.8, 4) is 5.75 Å². The summed E-state index contributed by atoms with van der Waals surface area (Å²) >= 11 is 6.07. The van der Waals surface area contributed by atoms with E-state index in [1.54, 1.807) is 7.11 Å². The number of halogens is 1. The highest BCUT2D eigenvalue weighted by Gasteiger charge is 2.10. The first-order valence-corrected chi connectivity index (χ1v) is 4.53. The van der Waals surface area contributed by atoms with E-state index in [-0.39, 0.29) is 6.04 Å². The Bertz CT molecular complexity index is 310. The van der Waals surface area contributed by atoms with Crippen LogP contribution in [0.5, 0.6) is 5.75 Å². The van der Waals surface area contributed by atoms with E-state index in [9.17, 15) is 0 Å². The molecule has 13 heavy (non-hydrogen) atoms. The zero-order chi connectivity index (χ0) is 10.0. The Labute approximate surface area is 83.6 Å². The molecule has 2 nitrogen and oxygen atoms in total. The highest BCUT2D eigenvalue weighted by atomic mass is 35.5. The van der Waals surface area contributed by atoms with Crippen LogP contribution in [0.15, 0.2) is 12.1 Å². The van der Waals surface area contributed by atoms with Gasteiger partial charge in [0.1, 0.15) is 5.75 Å². The van der Waals surface area contributed by atoms with Gasteiger partial charge in [0, 0.05) is 6.04 Å². The minimum absolute atomic E-state index is 0.0682. The van der Waals surface area contributed by atoms with Crippen molar-refractivity contribution in [1.29, 1.82) is 0 Å². The largest absolute Gasteiger partial charge is 0.495 e. The number of aryl methyl sites for hydroxylation is 1. The smallest absolute Gasteiger partial charge is 0.138 e. The fourth-order valence-corrected chi connectivity index (χ4v) is 1.60. The van der Waals surface area contributed by atoms with Crippen molar-refractivity contribution in [2.24, 2.45) is 5.73 Å². The normalized spacial score (nSPS) is 12.7. The molecule has 0 saturated carbocycles. The average molecular weight is 200 g/mol. The van der Waals surface area contributed by atoms with Gasteiger partial charge in [0.05, 0.1) is 12.1 Å². The Hall–Kier alpha value is -0.730. The molecule has 0 aliphatic heterocycles. The van der Waals surface area contributed by atoms with Crippen molar-refractivity contribution in [3.63, 3.8) is 0 Å². The van der Waals surface area contributed by atoms with E-state index in [2.05, 4.69) is 0 Å². The summed E-state index contributed by atoms with van der Waals surface area (Å²) < 4.78 is 5.13. The third-order valence-corrected chi connectivity index (χ3v) is 2.33. The Kier molecular flexibility index (Phi) is 3.17. The van der Waals surface area contributed by atoms with Gasteiger partial charge in [-0.2, -0.15) is 0 Å². The van der Waals surface area contributed by atoms with Crippen molar-refractivity contribution < 1.29 is 4.74 Å². The molecular formula is C10H14ClNO. The average Bonchev–Trinajstić information content (AvgIpc) is 2.08. The van der Waals surface area contributed by atoms with Gasteiger partial charge >= 0.3 is 0 Å². The second kappa shape index (κ2) is 3.99. The van der Waals surface area contributed by atoms with Crippen molar-refractivity contribution >= 4 is 11.6 Å². The Balaban J connectivity index is 3.27. The molecule has 0 aliphatic carbocycles. The standard InChI is InChI=1S/C10H14ClNO/c1-6-4-8(7(2)12)10(11)9(5-6)13-3/h4-5,7H,12H2,1-3H3. The van der Waals surface area contributed by atoms with Gasteiger partial charge in [0.15, 0.2) is 0 Å². The van der Waals surface area contributed by atoms with E-state index in [1.165, 1.54) is 0 Å². The lowest BCUT2D eigenvalue weighted by Crippen LogP contribution is -2.06. The predicted octanol–water partition coefficient (Wildman–Crippen LogP) is 2.68. The van der Waals surface area contributed by atoms with Crippen LogP contribution in [0.1, 0.15) is 24.1 Å². The van der Waals surface area contributed by atoms with Gasteiger partial charge < -0.3 is 10.5 Å². The summed E-state index contributed by atoms with van der Waals surface area (Å²) in [5.41, 5.74) is 7.80. The number of benzene rings is 1. The minimum atomic E-state index is -0.0682. The van der Waals surface area contributed by atoms with Gasteiger partial charge in [0.25, 0.3) is 0 Å². The molecule has 0 amide bonds. The molecule has 1 rings (SSSR count). The van der Waals surface area contributed by atoms with Gasteiger partial charge in [-0.1, -0.05) is 17.7 Å². The first-order valence-electron chi connectivity index (χ1n) is 4.16. The first-order chi connectivity index (χ1) is 6.06. The van der Waals surface area contributed by atoms with Crippen LogP contribution in [-0.2, 0) is 0 Å². The van der Waals surface area contributed by atoms with Crippen LogP contribution in [0.3, 0.4) is 0 Å². The Morgan fingerprint density at radius 2 is 2.08 bits per heavy atom. The zero-order valence-corrected chi connectivity index (χ0v) is 8.85. The summed E-state index contributed by atoms with van der Waals surface area (Å²) in [5.74, 6) is 0.689. The minimum Gasteiger partial charge on any atom is -0.495 e. The molecule has 0 radical (unpaired) electrons. The molecule has 0 spiro atoms. The molecule has 1 unspecified atom stereocenters. The number of hydrogen-bond acceptors (Lipinski definition) is 2. The maximum absolute atomic E-state index is 6.07. The molecular weight excluding hydrogens is 186 g/mol. The molecule has 1 aromatic rings. The topological polar surface area (TPSA) is 35.2 Å². The van der Waals surface area contributed by atoms with Crippen LogP contribution in [-0.4, -0.2) is 7.11 Å². The van der Waals surface area contributed by atoms with E-state index in [0.29, 0.717) is 10.8 Å². The highest BCUT2D eigenvalue weighted by Crippen LogP contribution is 2.32. The molecule has 72 valence electrons. The van der Waals surface area contributed by atoms with Crippen molar-refractivity contribution in [2.45, 2.75) is 19.9 Å². The molecule has 0 heterocycles. The molecule has 0 saturated heterocycles. The van der Waals surface area contributed by atoms with E-state index in [4.69, 9.17) is 22.1 Å². The third kappa shape index (κ3) is 2.14. The van der Waals surface area contributed by atoms with Gasteiger partial charge in [-0.05, 0) is 31.0 Å². The predicted molar refractivity (Wildman–Crippen MR) is 55.3 cm³/mol. The number of nitrogens with two attached hydrogens (primary N) is 1. The highest BCUT2D eigenvalue weighted by molar-refractivity contribution is 6.32. The maximum atomic E-state index is 6.07. The summed E-state index contributed by atoms with van der Waals surface area (Å²) in [6.07, 6.45) is 0. The number of methoxy groups -OCH3 is 1. The zero-order valence-electron chi connectivity index (χ0n) is 8.10. The van der Waals surface area contributed by atoms with E-state index >= 15 is 0 Å². The second-order valence-electron chi connectivity index (χ2n) is 3.16. The summed E-state index contributed by atoms with van der Waals surface area (Å²) in [6, 6.07) is 3.81. The molecule has 0 bridgehead atoms. The second-order valence-corrected chi connectivity index (χ2v) is 3.54. The van der Waals surface area contributed by atoms with Gasteiger partial charge in [-0.15, -0.1) is 0 Å². The molecule has 0 aromatic heterocycles. The Morgan fingerprint density at radius 1 is 1.46 bits per heavy atom. The molecule has 0 fully saturated rings. The SMILES string of the molecule is COc1cc(C)cc(C(C)N)c1Cl. The van der Waals surface area contributed by atoms with Crippen LogP contribution < -0.4 is 10.5 Å². The molecule has 2 N–H and O–H groups in total. The van der Waals surface area contributed by atoms with Crippen LogP contribution in [0.2, 0.25) is 5.02 Å². The van der Waals surface area contributed by atoms with Crippen LogP contribution >= 0.6 is 11.6 Å². The fraction of sp³-hybridized carbons (Fsp3) is 0.400. The first kappa shape index (κ1) is 10.4. The maximum Gasteiger partial charge on any atom is 0.138 e. The third-order valence-electron chi connectivity index (χ3n) is 1.92. The van der Waals surface area contributed by atoms with Crippen molar-refractivity contribution in [2.75, 3.05) is 7.11 Å². The lowest BCUT2D eigenvalue weighted by Gasteiger charge is -2.12. The number of ether oxygens (including phenoxy) is 1. The summed E-state index contributed by atoms with van der Waals surface area (Å²) in [5, 5.41) is 0.614. The van der Waals surface area contributed by atoms with Gasteiger partial charge in [0.2, 0.25) is 0 Å². The summed E-state index contributed by atoms with van der Waals surface area (Å²) in [4.78, 5) is 0.